The number of carbonyl (C=O) groups excluding carboxylic acids is 2. The zero-order chi connectivity index (χ0) is 21.3. The second-order valence-corrected chi connectivity index (χ2v) is 7.60. The fourth-order valence-electron chi connectivity index (χ4n) is 3.79. The zero-order valence-corrected chi connectivity index (χ0v) is 16.6. The third-order valence-corrected chi connectivity index (χ3v) is 5.54. The molecule has 1 aliphatic heterocycles. The highest BCUT2D eigenvalue weighted by Crippen LogP contribution is 2.28. The van der Waals surface area contributed by atoms with Gasteiger partial charge in [-0.3, -0.25) is 9.69 Å². The van der Waals surface area contributed by atoms with Gasteiger partial charge in [-0.2, -0.15) is 0 Å². The first-order valence-corrected chi connectivity index (χ1v) is 9.86. The van der Waals surface area contributed by atoms with Gasteiger partial charge in [0, 0.05) is 5.69 Å². The topological polar surface area (TPSA) is 77.9 Å². The van der Waals surface area contributed by atoms with Gasteiger partial charge < -0.3 is 5.11 Å². The Morgan fingerprint density at radius 3 is 2.57 bits per heavy atom. The van der Waals surface area contributed by atoms with Crippen molar-refractivity contribution in [2.75, 3.05) is 16.3 Å². The standard InChI is InChI=1S/C24H22N2O4/c1-16-5-2-3-6-18(16)13-17-9-11-20(12-10-17)25-15-22(27)26(24(25)30)21-8-4-7-19(14-21)23(28)29/h2-4,6-12,14,16H,5,13,15H2,1H3,(H,28,29). The van der Waals surface area contributed by atoms with Crippen LogP contribution in [0.3, 0.4) is 0 Å². The Morgan fingerprint density at radius 1 is 1.10 bits per heavy atom. The van der Waals surface area contributed by atoms with Gasteiger partial charge in [-0.25, -0.2) is 14.5 Å². The van der Waals surface area contributed by atoms with Gasteiger partial charge in [0.2, 0.25) is 0 Å². The fraction of sp³-hybridized carbons (Fsp3) is 0.208. The second-order valence-electron chi connectivity index (χ2n) is 7.60. The number of anilines is 2. The minimum Gasteiger partial charge on any atom is -0.478 e. The lowest BCUT2D eigenvalue weighted by Crippen LogP contribution is -2.33. The number of benzene rings is 2. The predicted molar refractivity (Wildman–Crippen MR) is 115 cm³/mol. The molecular formula is C24H22N2O4. The van der Waals surface area contributed by atoms with Crippen molar-refractivity contribution in [3.8, 4) is 0 Å². The first kappa shape index (κ1) is 19.6. The molecule has 2 aromatic rings. The third kappa shape index (κ3) is 3.76. The average Bonchev–Trinajstić information content (AvgIpc) is 3.04. The highest BCUT2D eigenvalue weighted by Gasteiger charge is 2.38. The number of amides is 3. The molecule has 152 valence electrons. The normalized spacial score (nSPS) is 18.7. The molecular weight excluding hydrogens is 380 g/mol. The SMILES string of the molecule is CC1CC=CC=C1Cc1ccc(N2CC(=O)N(c3cccc(C(=O)O)c3)C2=O)cc1. The fourth-order valence-corrected chi connectivity index (χ4v) is 3.79. The molecule has 0 radical (unpaired) electrons. The van der Waals surface area contributed by atoms with Crippen molar-refractivity contribution in [2.24, 2.45) is 5.92 Å². The lowest BCUT2D eigenvalue weighted by molar-refractivity contribution is -0.115. The molecule has 1 N–H and O–H groups in total. The summed E-state index contributed by atoms with van der Waals surface area (Å²) in [6, 6.07) is 13.0. The lowest BCUT2D eigenvalue weighted by Gasteiger charge is -2.19. The summed E-state index contributed by atoms with van der Waals surface area (Å²) in [7, 11) is 0. The molecule has 6 heteroatoms. The Balaban J connectivity index is 1.52. The Labute approximate surface area is 174 Å². The van der Waals surface area contributed by atoms with Crippen LogP contribution in [-0.2, 0) is 11.2 Å². The summed E-state index contributed by atoms with van der Waals surface area (Å²) in [6.45, 7) is 2.13. The predicted octanol–water partition coefficient (Wildman–Crippen LogP) is 4.42. The molecule has 2 aliphatic rings. The Bertz CT molecular complexity index is 1070. The molecule has 1 heterocycles. The first-order valence-electron chi connectivity index (χ1n) is 9.86. The summed E-state index contributed by atoms with van der Waals surface area (Å²) in [6.07, 6.45) is 8.32. The summed E-state index contributed by atoms with van der Waals surface area (Å²) in [5.74, 6) is -0.983. The van der Waals surface area contributed by atoms with E-state index < -0.39 is 12.0 Å². The molecule has 1 unspecified atom stereocenters. The van der Waals surface area contributed by atoms with Gasteiger partial charge in [0.15, 0.2) is 0 Å². The van der Waals surface area contributed by atoms with Crippen LogP contribution in [0.4, 0.5) is 16.2 Å². The van der Waals surface area contributed by atoms with E-state index in [1.54, 1.807) is 6.07 Å². The number of aromatic carboxylic acids is 1. The lowest BCUT2D eigenvalue weighted by atomic mass is 9.89. The number of carboxylic acid groups (broad SMARTS) is 1. The van der Waals surface area contributed by atoms with E-state index in [0.29, 0.717) is 11.6 Å². The van der Waals surface area contributed by atoms with E-state index in [2.05, 4.69) is 25.2 Å². The quantitative estimate of drug-likeness (QED) is 0.751. The van der Waals surface area contributed by atoms with Crippen LogP contribution in [0.2, 0.25) is 0 Å². The number of allylic oxidation sites excluding steroid dienone is 4. The average molecular weight is 402 g/mol. The molecule has 2 aromatic carbocycles. The van der Waals surface area contributed by atoms with Gasteiger partial charge in [-0.1, -0.05) is 48.9 Å². The van der Waals surface area contributed by atoms with Crippen LogP contribution in [0.1, 0.15) is 29.3 Å². The van der Waals surface area contributed by atoms with Crippen LogP contribution in [0.5, 0.6) is 0 Å². The maximum atomic E-state index is 12.9. The first-order chi connectivity index (χ1) is 14.4. The van der Waals surface area contributed by atoms with Gasteiger partial charge in [0.05, 0.1) is 11.3 Å². The number of carboxylic acids is 1. The number of nitrogens with zero attached hydrogens (tertiary/aromatic N) is 2. The van der Waals surface area contributed by atoms with Crippen LogP contribution in [0.15, 0.2) is 72.3 Å². The van der Waals surface area contributed by atoms with E-state index in [4.69, 9.17) is 5.11 Å². The number of urea groups is 1. The highest BCUT2D eigenvalue weighted by atomic mass is 16.4. The third-order valence-electron chi connectivity index (χ3n) is 5.54. The van der Waals surface area contributed by atoms with Crippen molar-refractivity contribution in [1.29, 1.82) is 0 Å². The molecule has 0 bridgehead atoms. The minimum absolute atomic E-state index is 0.0250. The van der Waals surface area contributed by atoms with Crippen LogP contribution < -0.4 is 9.80 Å². The summed E-state index contributed by atoms with van der Waals surface area (Å²) in [5.41, 5.74) is 3.45. The van der Waals surface area contributed by atoms with Crippen molar-refractivity contribution < 1.29 is 19.5 Å². The summed E-state index contributed by atoms with van der Waals surface area (Å²) in [5, 5.41) is 9.17. The summed E-state index contributed by atoms with van der Waals surface area (Å²) >= 11 is 0. The van der Waals surface area contributed by atoms with E-state index in [1.807, 2.05) is 24.3 Å². The Hall–Kier alpha value is -3.67. The van der Waals surface area contributed by atoms with Crippen molar-refractivity contribution in [2.45, 2.75) is 19.8 Å². The molecule has 0 spiro atoms. The number of hydrogen-bond acceptors (Lipinski definition) is 3. The van der Waals surface area contributed by atoms with Crippen LogP contribution in [0.25, 0.3) is 0 Å². The second kappa shape index (κ2) is 7.99. The van der Waals surface area contributed by atoms with Gasteiger partial charge in [-0.15, -0.1) is 0 Å². The van der Waals surface area contributed by atoms with E-state index in [9.17, 15) is 14.4 Å². The minimum atomic E-state index is -1.11. The highest BCUT2D eigenvalue weighted by molar-refractivity contribution is 6.27. The molecule has 0 aromatic heterocycles. The number of carbonyl (C=O) groups is 3. The summed E-state index contributed by atoms with van der Waals surface area (Å²) < 4.78 is 0. The number of imide groups is 1. The Kier molecular flexibility index (Phi) is 5.23. The maximum absolute atomic E-state index is 12.9. The van der Waals surface area contributed by atoms with Gasteiger partial charge in [0.1, 0.15) is 6.54 Å². The molecule has 0 saturated carbocycles. The molecule has 1 fully saturated rings. The van der Waals surface area contributed by atoms with Gasteiger partial charge in [0.25, 0.3) is 5.91 Å². The molecule has 1 aliphatic carbocycles. The van der Waals surface area contributed by atoms with Gasteiger partial charge >= 0.3 is 12.0 Å². The molecule has 30 heavy (non-hydrogen) atoms. The van der Waals surface area contributed by atoms with E-state index in [1.165, 1.54) is 28.7 Å². The van der Waals surface area contributed by atoms with Crippen molar-refractivity contribution in [1.82, 2.24) is 0 Å². The van der Waals surface area contributed by atoms with Crippen molar-refractivity contribution >= 4 is 29.3 Å². The van der Waals surface area contributed by atoms with Crippen LogP contribution in [0, 0.1) is 5.92 Å². The maximum Gasteiger partial charge on any atom is 0.336 e. The molecule has 1 atom stereocenters. The van der Waals surface area contributed by atoms with Crippen LogP contribution >= 0.6 is 0 Å². The Morgan fingerprint density at radius 2 is 1.87 bits per heavy atom. The monoisotopic (exact) mass is 402 g/mol. The molecule has 6 nitrogen and oxygen atoms in total. The largest absolute Gasteiger partial charge is 0.478 e. The number of hydrogen-bond donors (Lipinski definition) is 1. The van der Waals surface area contributed by atoms with E-state index in [0.717, 1.165) is 23.3 Å². The van der Waals surface area contributed by atoms with E-state index >= 15 is 0 Å². The zero-order valence-electron chi connectivity index (χ0n) is 16.6. The molecule has 1 saturated heterocycles. The van der Waals surface area contributed by atoms with Gasteiger partial charge in [-0.05, 0) is 54.7 Å². The number of rotatable bonds is 5. The molecule has 4 rings (SSSR count). The van der Waals surface area contributed by atoms with Crippen molar-refractivity contribution in [3.05, 3.63) is 83.5 Å². The van der Waals surface area contributed by atoms with Crippen molar-refractivity contribution in [3.63, 3.8) is 0 Å². The van der Waals surface area contributed by atoms with E-state index in [-0.39, 0.29) is 23.7 Å². The van der Waals surface area contributed by atoms with Crippen LogP contribution in [-0.4, -0.2) is 29.6 Å². The smallest absolute Gasteiger partial charge is 0.336 e. The molecule has 3 amide bonds. The summed E-state index contributed by atoms with van der Waals surface area (Å²) in [4.78, 5) is 39.1.